The zero-order chi connectivity index (χ0) is 24.8. The van der Waals surface area contributed by atoms with Crippen LogP contribution in [0.2, 0.25) is 0 Å². The number of benzene rings is 3. The predicted molar refractivity (Wildman–Crippen MR) is 132 cm³/mol. The van der Waals surface area contributed by atoms with Gasteiger partial charge in [0.1, 0.15) is 5.75 Å². The number of nitrogens with zero attached hydrogens (tertiary/aromatic N) is 3. The quantitative estimate of drug-likeness (QED) is 0.421. The minimum atomic E-state index is -0.329. The van der Waals surface area contributed by atoms with Gasteiger partial charge >= 0.3 is 0 Å². The van der Waals surface area contributed by atoms with Gasteiger partial charge in [-0.25, -0.2) is 5.01 Å². The van der Waals surface area contributed by atoms with E-state index in [0.29, 0.717) is 50.5 Å². The lowest BCUT2D eigenvalue weighted by atomic mass is 9.89. The zero-order valence-corrected chi connectivity index (χ0v) is 19.5. The Morgan fingerprint density at radius 3 is 2.56 bits per heavy atom. The van der Waals surface area contributed by atoms with E-state index in [1.807, 2.05) is 18.2 Å². The highest BCUT2D eigenvalue weighted by molar-refractivity contribution is 6.15. The summed E-state index contributed by atoms with van der Waals surface area (Å²) in [5.41, 5.74) is 2.98. The van der Waals surface area contributed by atoms with Gasteiger partial charge in [-0.2, -0.15) is 5.10 Å². The molecule has 1 N–H and O–H groups in total. The van der Waals surface area contributed by atoms with Crippen LogP contribution < -0.4 is 18.9 Å². The SMILES string of the molecule is COc1cc2c(O)c3c(c(-c4ccc5c(c4)OCO5)c2cc1OC)C(=O)N(/N=C/c1cccnc1)C3. The van der Waals surface area contributed by atoms with Crippen LogP contribution in [-0.2, 0) is 6.54 Å². The standard InChI is InChI=1S/C27H21N3O6/c1-33-21-9-17-18(10-22(21)34-2)26(31)19-13-30(29-12-15-4-3-7-28-11-15)27(32)25(19)24(17)16-5-6-20-23(8-16)36-14-35-20/h3-12,31H,13-14H2,1-2H3/b29-12+. The molecule has 0 unspecified atom stereocenters. The third kappa shape index (κ3) is 3.36. The summed E-state index contributed by atoms with van der Waals surface area (Å²) in [6, 6.07) is 12.6. The van der Waals surface area contributed by atoms with Gasteiger partial charge in [0.25, 0.3) is 5.91 Å². The fourth-order valence-corrected chi connectivity index (χ4v) is 4.62. The number of carbonyl (C=O) groups is 1. The van der Waals surface area contributed by atoms with Crippen molar-refractivity contribution >= 4 is 22.9 Å². The number of rotatable bonds is 5. The molecular weight excluding hydrogens is 462 g/mol. The van der Waals surface area contributed by atoms with Gasteiger partial charge in [-0.05, 0) is 41.3 Å². The molecule has 0 atom stereocenters. The molecule has 9 nitrogen and oxygen atoms in total. The second-order valence-corrected chi connectivity index (χ2v) is 8.29. The monoisotopic (exact) mass is 483 g/mol. The topological polar surface area (TPSA) is 103 Å². The molecule has 1 aromatic heterocycles. The summed E-state index contributed by atoms with van der Waals surface area (Å²) in [5, 5.41) is 18.2. The number of phenols is 1. The van der Waals surface area contributed by atoms with Crippen molar-refractivity contribution in [1.29, 1.82) is 0 Å². The third-order valence-corrected chi connectivity index (χ3v) is 6.33. The fraction of sp³-hybridized carbons (Fsp3) is 0.148. The number of pyridine rings is 1. The van der Waals surface area contributed by atoms with Crippen LogP contribution in [0.3, 0.4) is 0 Å². The summed E-state index contributed by atoms with van der Waals surface area (Å²) in [7, 11) is 3.07. The van der Waals surface area contributed by atoms with Crippen molar-refractivity contribution in [3.8, 4) is 39.9 Å². The number of amides is 1. The summed E-state index contributed by atoms with van der Waals surface area (Å²) in [4.78, 5) is 17.8. The molecule has 0 aliphatic carbocycles. The largest absolute Gasteiger partial charge is 0.507 e. The predicted octanol–water partition coefficient (Wildman–Crippen LogP) is 4.34. The Labute approximate surface area is 206 Å². The minimum Gasteiger partial charge on any atom is -0.507 e. The van der Waals surface area contributed by atoms with Crippen LogP contribution in [0.4, 0.5) is 0 Å². The molecule has 4 aromatic rings. The van der Waals surface area contributed by atoms with Crippen LogP contribution in [0.1, 0.15) is 21.5 Å². The van der Waals surface area contributed by atoms with E-state index in [1.165, 1.54) is 19.2 Å². The van der Waals surface area contributed by atoms with Crippen LogP contribution in [0.15, 0.2) is 60.0 Å². The van der Waals surface area contributed by atoms with Crippen molar-refractivity contribution in [3.63, 3.8) is 0 Å². The molecule has 0 bridgehead atoms. The Morgan fingerprint density at radius 2 is 1.81 bits per heavy atom. The van der Waals surface area contributed by atoms with Crippen molar-refractivity contribution in [2.24, 2.45) is 5.10 Å². The number of aromatic hydroxyl groups is 1. The van der Waals surface area contributed by atoms with Gasteiger partial charge in [-0.15, -0.1) is 0 Å². The molecule has 2 aliphatic heterocycles. The van der Waals surface area contributed by atoms with Crippen LogP contribution in [-0.4, -0.2) is 48.2 Å². The molecule has 0 saturated heterocycles. The molecule has 3 heterocycles. The third-order valence-electron chi connectivity index (χ3n) is 6.33. The summed E-state index contributed by atoms with van der Waals surface area (Å²) in [5.74, 6) is 1.82. The number of methoxy groups -OCH3 is 2. The summed E-state index contributed by atoms with van der Waals surface area (Å²) >= 11 is 0. The second-order valence-electron chi connectivity index (χ2n) is 8.29. The van der Waals surface area contributed by atoms with Gasteiger partial charge in [-0.1, -0.05) is 12.1 Å². The molecule has 0 fully saturated rings. The van der Waals surface area contributed by atoms with E-state index in [1.54, 1.807) is 42.9 Å². The molecule has 1 amide bonds. The van der Waals surface area contributed by atoms with E-state index in [4.69, 9.17) is 18.9 Å². The molecule has 9 heteroatoms. The maximum atomic E-state index is 13.7. The Bertz CT molecular complexity index is 1550. The summed E-state index contributed by atoms with van der Waals surface area (Å²) < 4.78 is 22.1. The van der Waals surface area contributed by atoms with Crippen molar-refractivity contribution in [2.75, 3.05) is 21.0 Å². The molecular formula is C27H21N3O6. The number of phenolic OH excluding ortho intramolecular Hbond substituents is 1. The van der Waals surface area contributed by atoms with E-state index >= 15 is 0 Å². The number of ether oxygens (including phenoxy) is 4. The zero-order valence-electron chi connectivity index (χ0n) is 19.5. The average molecular weight is 483 g/mol. The molecule has 0 spiro atoms. The Morgan fingerprint density at radius 1 is 1.03 bits per heavy atom. The lowest BCUT2D eigenvalue weighted by Gasteiger charge is -2.17. The molecule has 3 aromatic carbocycles. The second kappa shape index (κ2) is 8.46. The first-order chi connectivity index (χ1) is 17.6. The number of hydrazone groups is 1. The minimum absolute atomic E-state index is 0.00197. The Kier molecular flexibility index (Phi) is 5.10. The Hall–Kier alpha value is -4.79. The smallest absolute Gasteiger partial charge is 0.275 e. The summed E-state index contributed by atoms with van der Waals surface area (Å²) in [6.45, 7) is 0.243. The van der Waals surface area contributed by atoms with Crippen LogP contribution in [0.5, 0.6) is 28.7 Å². The maximum absolute atomic E-state index is 13.7. The fourth-order valence-electron chi connectivity index (χ4n) is 4.62. The van der Waals surface area contributed by atoms with Crippen molar-refractivity contribution in [1.82, 2.24) is 9.99 Å². The van der Waals surface area contributed by atoms with Crippen molar-refractivity contribution < 1.29 is 28.8 Å². The first-order valence-corrected chi connectivity index (χ1v) is 11.2. The number of hydrogen-bond donors (Lipinski definition) is 1. The first-order valence-electron chi connectivity index (χ1n) is 11.2. The lowest BCUT2D eigenvalue weighted by molar-refractivity contribution is 0.0785. The number of aromatic nitrogens is 1. The highest BCUT2D eigenvalue weighted by atomic mass is 16.7. The number of hydrogen-bond acceptors (Lipinski definition) is 8. The first kappa shape index (κ1) is 21.7. The number of carbonyl (C=O) groups excluding carboxylic acids is 1. The van der Waals surface area contributed by atoms with E-state index in [2.05, 4.69) is 10.1 Å². The van der Waals surface area contributed by atoms with Gasteiger partial charge in [0.2, 0.25) is 6.79 Å². The van der Waals surface area contributed by atoms with Gasteiger partial charge in [-0.3, -0.25) is 9.78 Å². The molecule has 0 saturated carbocycles. The van der Waals surface area contributed by atoms with Crippen LogP contribution >= 0.6 is 0 Å². The van der Waals surface area contributed by atoms with Crippen LogP contribution in [0.25, 0.3) is 21.9 Å². The van der Waals surface area contributed by atoms with Gasteiger partial charge in [0.05, 0.1) is 32.5 Å². The summed E-state index contributed by atoms with van der Waals surface area (Å²) in [6.07, 6.45) is 4.89. The van der Waals surface area contributed by atoms with Gasteiger partial charge in [0, 0.05) is 34.5 Å². The van der Waals surface area contributed by atoms with Gasteiger partial charge < -0.3 is 24.1 Å². The average Bonchev–Trinajstić information content (AvgIpc) is 3.52. The van der Waals surface area contributed by atoms with E-state index < -0.39 is 0 Å². The molecule has 0 radical (unpaired) electrons. The highest BCUT2D eigenvalue weighted by Gasteiger charge is 2.36. The molecule has 6 rings (SSSR count). The molecule has 2 aliphatic rings. The number of fused-ring (bicyclic) bond motifs is 3. The van der Waals surface area contributed by atoms with Crippen molar-refractivity contribution in [2.45, 2.75) is 6.54 Å². The van der Waals surface area contributed by atoms with E-state index in [-0.39, 0.29) is 25.0 Å². The lowest BCUT2D eigenvalue weighted by Crippen LogP contribution is -2.18. The maximum Gasteiger partial charge on any atom is 0.275 e. The van der Waals surface area contributed by atoms with Gasteiger partial charge in [0.15, 0.2) is 23.0 Å². The van der Waals surface area contributed by atoms with E-state index in [9.17, 15) is 9.90 Å². The normalized spacial score (nSPS) is 14.1. The Balaban J connectivity index is 1.58. The molecule has 180 valence electrons. The molecule has 36 heavy (non-hydrogen) atoms. The van der Waals surface area contributed by atoms with Crippen LogP contribution in [0, 0.1) is 0 Å². The van der Waals surface area contributed by atoms with Crippen molar-refractivity contribution in [3.05, 3.63) is 71.5 Å². The van der Waals surface area contributed by atoms with E-state index in [0.717, 1.165) is 11.1 Å². The highest BCUT2D eigenvalue weighted by Crippen LogP contribution is 2.49.